The van der Waals surface area contributed by atoms with Crippen molar-refractivity contribution in [2.75, 3.05) is 5.32 Å². The summed E-state index contributed by atoms with van der Waals surface area (Å²) in [5, 5.41) is 22.1. The fourth-order valence-corrected chi connectivity index (χ4v) is 2.06. The summed E-state index contributed by atoms with van der Waals surface area (Å²) in [4.78, 5) is 0. The lowest BCUT2D eigenvalue weighted by atomic mass is 9.78. The van der Waals surface area contributed by atoms with Crippen molar-refractivity contribution in [3.05, 3.63) is 48.1 Å². The van der Waals surface area contributed by atoms with E-state index in [2.05, 4.69) is 37.4 Å². The Morgan fingerprint density at radius 3 is 2.61 bits per heavy atom. The number of hydrogen-bond acceptors (Lipinski definition) is 3. The molecule has 0 aromatic heterocycles. The van der Waals surface area contributed by atoms with E-state index in [1.54, 1.807) is 12.1 Å². The highest BCUT2D eigenvalue weighted by Gasteiger charge is 2.24. The number of anilines is 1. The molecule has 1 aliphatic carbocycles. The fraction of sp³-hybridized carbons (Fsp3) is 0.286. The molecule has 0 aliphatic heterocycles. The van der Waals surface area contributed by atoms with Gasteiger partial charge in [0.15, 0.2) is 0 Å². The van der Waals surface area contributed by atoms with Crippen molar-refractivity contribution in [3.63, 3.8) is 0 Å². The third-order valence-corrected chi connectivity index (χ3v) is 3.22. The Balaban J connectivity index is 2.22. The average Bonchev–Trinajstić information content (AvgIpc) is 2.34. The predicted molar refractivity (Wildman–Crippen MR) is 75.8 cm³/mol. The van der Waals surface area contributed by atoms with Crippen molar-refractivity contribution in [2.45, 2.75) is 25.8 Å². The van der Waals surface area contributed by atoms with Crippen molar-refractivity contribution < 1.29 is 10.0 Å². The molecule has 1 aromatic carbocycles. The van der Waals surface area contributed by atoms with E-state index in [0.29, 0.717) is 5.46 Å². The molecule has 0 amide bonds. The van der Waals surface area contributed by atoms with Gasteiger partial charge in [0.1, 0.15) is 0 Å². The Bertz CT molecular complexity index is 496. The SMILES string of the molecule is CC1=CCC(C)(Nc2ccccc2B(O)O)C=C1. The van der Waals surface area contributed by atoms with Crippen molar-refractivity contribution in [3.8, 4) is 0 Å². The summed E-state index contributed by atoms with van der Waals surface area (Å²) in [5.41, 5.74) is 2.32. The number of rotatable bonds is 3. The van der Waals surface area contributed by atoms with Crippen LogP contribution < -0.4 is 10.8 Å². The van der Waals surface area contributed by atoms with Crippen LogP contribution in [0, 0.1) is 0 Å². The maximum Gasteiger partial charge on any atom is 0.490 e. The monoisotopic (exact) mass is 243 g/mol. The molecule has 3 N–H and O–H groups in total. The van der Waals surface area contributed by atoms with Crippen LogP contribution in [0.5, 0.6) is 0 Å². The zero-order valence-corrected chi connectivity index (χ0v) is 10.7. The van der Waals surface area contributed by atoms with Crippen LogP contribution in [0.15, 0.2) is 48.1 Å². The second-order valence-electron chi connectivity index (χ2n) is 4.99. The van der Waals surface area contributed by atoms with E-state index >= 15 is 0 Å². The molecule has 94 valence electrons. The van der Waals surface area contributed by atoms with Crippen molar-refractivity contribution in [1.82, 2.24) is 0 Å². The van der Waals surface area contributed by atoms with Crippen LogP contribution in [0.3, 0.4) is 0 Å². The van der Waals surface area contributed by atoms with Gasteiger partial charge in [0.2, 0.25) is 0 Å². The minimum atomic E-state index is -1.46. The van der Waals surface area contributed by atoms with Crippen LogP contribution in [0.4, 0.5) is 5.69 Å². The van der Waals surface area contributed by atoms with Gasteiger partial charge in [-0.05, 0) is 26.3 Å². The van der Waals surface area contributed by atoms with Gasteiger partial charge in [0, 0.05) is 11.2 Å². The first-order chi connectivity index (χ1) is 8.50. The molecular formula is C14H18BNO2. The molecule has 1 atom stereocenters. The zero-order chi connectivity index (χ0) is 13.2. The standard InChI is InChI=1S/C14H18BNO2/c1-11-7-9-14(2,10-8-11)16-13-6-4-3-5-12(13)15(17)18/h3-9,16-18H,10H2,1-2H3. The molecule has 0 spiro atoms. The molecule has 0 fully saturated rings. The average molecular weight is 243 g/mol. The van der Waals surface area contributed by atoms with Gasteiger partial charge in [-0.2, -0.15) is 0 Å². The van der Waals surface area contributed by atoms with Gasteiger partial charge in [-0.25, -0.2) is 0 Å². The Kier molecular flexibility index (Phi) is 3.59. The first kappa shape index (κ1) is 12.9. The van der Waals surface area contributed by atoms with Crippen molar-refractivity contribution in [2.24, 2.45) is 0 Å². The van der Waals surface area contributed by atoms with Gasteiger partial charge in [0.25, 0.3) is 0 Å². The van der Waals surface area contributed by atoms with E-state index in [1.807, 2.05) is 12.1 Å². The number of para-hydroxylation sites is 1. The van der Waals surface area contributed by atoms with Crippen LogP contribution in [0.1, 0.15) is 20.3 Å². The summed E-state index contributed by atoms with van der Waals surface area (Å²) in [6, 6.07) is 7.25. The van der Waals surface area contributed by atoms with Crippen molar-refractivity contribution in [1.29, 1.82) is 0 Å². The van der Waals surface area contributed by atoms with E-state index in [4.69, 9.17) is 0 Å². The minimum absolute atomic E-state index is 0.190. The molecule has 4 heteroatoms. The highest BCUT2D eigenvalue weighted by molar-refractivity contribution is 6.60. The molecule has 1 aliphatic rings. The van der Waals surface area contributed by atoms with E-state index in [9.17, 15) is 10.0 Å². The van der Waals surface area contributed by atoms with Gasteiger partial charge in [0.05, 0.1) is 5.54 Å². The highest BCUT2D eigenvalue weighted by Crippen LogP contribution is 2.24. The van der Waals surface area contributed by atoms with Gasteiger partial charge < -0.3 is 15.4 Å². The third-order valence-electron chi connectivity index (χ3n) is 3.22. The van der Waals surface area contributed by atoms with Crippen LogP contribution in [0.25, 0.3) is 0 Å². The lowest BCUT2D eigenvalue weighted by Crippen LogP contribution is -2.39. The molecule has 0 saturated heterocycles. The molecule has 0 bridgehead atoms. The van der Waals surface area contributed by atoms with E-state index in [-0.39, 0.29) is 5.54 Å². The molecule has 0 radical (unpaired) electrons. The Morgan fingerprint density at radius 2 is 2.00 bits per heavy atom. The Hall–Kier alpha value is -1.52. The molecule has 1 unspecified atom stereocenters. The lowest BCUT2D eigenvalue weighted by molar-refractivity contribution is 0.426. The topological polar surface area (TPSA) is 52.5 Å². The number of benzene rings is 1. The van der Waals surface area contributed by atoms with Gasteiger partial charge in [-0.3, -0.25) is 0 Å². The lowest BCUT2D eigenvalue weighted by Gasteiger charge is -2.31. The summed E-state index contributed by atoms with van der Waals surface area (Å²) in [5.74, 6) is 0. The molecule has 2 rings (SSSR count). The van der Waals surface area contributed by atoms with Gasteiger partial charge >= 0.3 is 7.12 Å². The van der Waals surface area contributed by atoms with E-state index < -0.39 is 7.12 Å². The van der Waals surface area contributed by atoms with Crippen LogP contribution >= 0.6 is 0 Å². The molecule has 0 saturated carbocycles. The maximum absolute atomic E-state index is 9.35. The first-order valence-electron chi connectivity index (χ1n) is 6.09. The van der Waals surface area contributed by atoms with Crippen LogP contribution in [-0.4, -0.2) is 22.7 Å². The molecule has 3 nitrogen and oxygen atoms in total. The second-order valence-corrected chi connectivity index (χ2v) is 4.99. The largest absolute Gasteiger partial charge is 0.490 e. The third kappa shape index (κ3) is 2.83. The molecule has 1 aromatic rings. The number of hydrogen-bond donors (Lipinski definition) is 3. The second kappa shape index (κ2) is 5.00. The molecule has 0 heterocycles. The van der Waals surface area contributed by atoms with Crippen LogP contribution in [0.2, 0.25) is 0 Å². The summed E-state index contributed by atoms with van der Waals surface area (Å²) in [6.45, 7) is 4.16. The number of nitrogens with one attached hydrogen (secondary N) is 1. The summed E-state index contributed by atoms with van der Waals surface area (Å²) in [6.07, 6.45) is 7.24. The normalized spacial score (nSPS) is 22.6. The summed E-state index contributed by atoms with van der Waals surface area (Å²) in [7, 11) is -1.46. The Morgan fingerprint density at radius 1 is 1.28 bits per heavy atom. The van der Waals surface area contributed by atoms with E-state index in [0.717, 1.165) is 12.1 Å². The molecule has 18 heavy (non-hydrogen) atoms. The van der Waals surface area contributed by atoms with Gasteiger partial charge in [-0.1, -0.05) is 42.0 Å². The fourth-order valence-electron chi connectivity index (χ4n) is 2.06. The van der Waals surface area contributed by atoms with Gasteiger partial charge in [-0.15, -0.1) is 0 Å². The first-order valence-corrected chi connectivity index (χ1v) is 6.09. The van der Waals surface area contributed by atoms with E-state index in [1.165, 1.54) is 5.57 Å². The highest BCUT2D eigenvalue weighted by atomic mass is 16.4. The van der Waals surface area contributed by atoms with Crippen LogP contribution in [-0.2, 0) is 0 Å². The summed E-state index contributed by atoms with van der Waals surface area (Å²) < 4.78 is 0. The van der Waals surface area contributed by atoms with Crippen molar-refractivity contribution >= 4 is 18.3 Å². The maximum atomic E-state index is 9.35. The molecular weight excluding hydrogens is 225 g/mol. The predicted octanol–water partition coefficient (Wildman–Crippen LogP) is 1.44. The number of allylic oxidation sites excluding steroid dienone is 2. The Labute approximate surface area is 108 Å². The zero-order valence-electron chi connectivity index (χ0n) is 10.7. The smallest absolute Gasteiger partial charge is 0.423 e. The summed E-state index contributed by atoms with van der Waals surface area (Å²) >= 11 is 0. The minimum Gasteiger partial charge on any atom is -0.423 e. The quantitative estimate of drug-likeness (QED) is 0.704.